The van der Waals surface area contributed by atoms with Gasteiger partial charge in [0, 0.05) is 6.54 Å². The van der Waals surface area contributed by atoms with E-state index in [1.165, 1.54) is 11.8 Å². The van der Waals surface area contributed by atoms with Crippen LogP contribution in [0.4, 0.5) is 5.69 Å². The Balaban J connectivity index is 1.32. The highest BCUT2D eigenvalue weighted by Crippen LogP contribution is 2.33. The zero-order valence-corrected chi connectivity index (χ0v) is 22.1. The number of fused-ring (bicyclic) bond motifs is 1. The van der Waals surface area contributed by atoms with Gasteiger partial charge in [0.25, 0.3) is 5.91 Å². The minimum atomic E-state index is -0.242. The molecule has 38 heavy (non-hydrogen) atoms. The maximum Gasteiger partial charge on any atom is 0.283 e. The van der Waals surface area contributed by atoms with E-state index in [1.807, 2.05) is 74.5 Å². The summed E-state index contributed by atoms with van der Waals surface area (Å²) in [6, 6.07) is 18.9. The molecule has 2 heterocycles. The zero-order chi connectivity index (χ0) is 26.6. The summed E-state index contributed by atoms with van der Waals surface area (Å²) in [5, 5.41) is 3.38. The number of methoxy groups -OCH3 is 1. The number of anilines is 1. The fraction of sp³-hybridized carbons (Fsp3) is 0.207. The first kappa shape index (κ1) is 25.4. The van der Waals surface area contributed by atoms with E-state index in [4.69, 9.17) is 14.2 Å². The first-order valence-electron chi connectivity index (χ1n) is 12.0. The molecule has 0 radical (unpaired) electrons. The molecule has 0 saturated carbocycles. The highest BCUT2D eigenvalue weighted by Gasteiger charge is 2.32. The van der Waals surface area contributed by atoms with Gasteiger partial charge in [-0.15, -0.1) is 0 Å². The van der Waals surface area contributed by atoms with Gasteiger partial charge in [-0.1, -0.05) is 36.0 Å². The summed E-state index contributed by atoms with van der Waals surface area (Å²) in [6.45, 7) is 4.52. The molecule has 0 unspecified atom stereocenters. The molecule has 0 atom stereocenters. The number of aliphatic imine (C=N–C) groups is 1. The van der Waals surface area contributed by atoms with Gasteiger partial charge in [0.1, 0.15) is 11.4 Å². The Hall–Kier alpha value is -4.24. The van der Waals surface area contributed by atoms with Crippen LogP contribution in [0.15, 0.2) is 71.4 Å². The smallest absolute Gasteiger partial charge is 0.283 e. The van der Waals surface area contributed by atoms with Crippen molar-refractivity contribution in [2.24, 2.45) is 4.99 Å². The van der Waals surface area contributed by atoms with Gasteiger partial charge in [0.05, 0.1) is 18.6 Å². The van der Waals surface area contributed by atoms with Crippen LogP contribution in [0.5, 0.6) is 17.2 Å². The standard InChI is InChI=1S/C29H27N3O5S/c1-18-10-19(2)12-22(11-18)32-28(34)24(13-20-4-7-23(35-3)8-5-20)31-29(32)38-16-27(33)30-15-21-6-9-25-26(14-21)37-17-36-25/h4-14H,15-17H2,1-3H3,(H,30,33)/b24-13+. The van der Waals surface area contributed by atoms with E-state index in [9.17, 15) is 9.59 Å². The van der Waals surface area contributed by atoms with Gasteiger partial charge < -0.3 is 19.5 Å². The van der Waals surface area contributed by atoms with E-state index < -0.39 is 0 Å². The second-order valence-corrected chi connectivity index (χ2v) is 9.88. The quantitative estimate of drug-likeness (QED) is 0.441. The molecule has 0 bridgehead atoms. The fourth-order valence-corrected chi connectivity index (χ4v) is 5.03. The summed E-state index contributed by atoms with van der Waals surface area (Å²) in [4.78, 5) is 32.4. The number of nitrogens with one attached hydrogen (secondary N) is 1. The number of carbonyl (C=O) groups excluding carboxylic acids is 2. The molecule has 2 aliphatic heterocycles. The summed E-state index contributed by atoms with van der Waals surface area (Å²) in [5.74, 6) is 1.79. The van der Waals surface area contributed by atoms with Crippen LogP contribution in [0, 0.1) is 13.8 Å². The minimum absolute atomic E-state index is 0.105. The summed E-state index contributed by atoms with van der Waals surface area (Å²) >= 11 is 1.22. The van der Waals surface area contributed by atoms with Gasteiger partial charge in [0.15, 0.2) is 16.7 Å². The number of aryl methyl sites for hydroxylation is 2. The topological polar surface area (TPSA) is 89.5 Å². The van der Waals surface area contributed by atoms with Gasteiger partial charge in [0.2, 0.25) is 12.7 Å². The Labute approximate surface area is 225 Å². The first-order chi connectivity index (χ1) is 18.4. The van der Waals surface area contributed by atoms with E-state index in [0.717, 1.165) is 33.7 Å². The van der Waals surface area contributed by atoms with Crippen molar-refractivity contribution in [3.8, 4) is 17.2 Å². The Bertz CT molecular complexity index is 1430. The first-order valence-corrected chi connectivity index (χ1v) is 13.0. The minimum Gasteiger partial charge on any atom is -0.497 e. The molecular formula is C29H27N3O5S. The zero-order valence-electron chi connectivity index (χ0n) is 21.3. The van der Waals surface area contributed by atoms with Gasteiger partial charge >= 0.3 is 0 Å². The molecule has 0 fully saturated rings. The van der Waals surface area contributed by atoms with Crippen LogP contribution >= 0.6 is 11.8 Å². The number of ether oxygens (including phenoxy) is 3. The third-order valence-corrected chi connectivity index (χ3v) is 6.91. The molecule has 9 heteroatoms. The van der Waals surface area contributed by atoms with Crippen molar-refractivity contribution in [3.05, 3.63) is 88.6 Å². The number of hydrogen-bond acceptors (Lipinski definition) is 7. The van der Waals surface area contributed by atoms with Crippen LogP contribution in [0.25, 0.3) is 6.08 Å². The molecule has 0 spiro atoms. The van der Waals surface area contributed by atoms with Crippen LogP contribution in [-0.4, -0.2) is 36.6 Å². The maximum atomic E-state index is 13.5. The Morgan fingerprint density at radius 1 is 1.05 bits per heavy atom. The predicted molar refractivity (Wildman–Crippen MR) is 149 cm³/mol. The van der Waals surface area contributed by atoms with Crippen molar-refractivity contribution in [1.82, 2.24) is 5.32 Å². The number of hydrogen-bond donors (Lipinski definition) is 1. The summed E-state index contributed by atoms with van der Waals surface area (Å²) in [5.41, 5.74) is 4.82. The molecular weight excluding hydrogens is 502 g/mol. The van der Waals surface area contributed by atoms with Crippen LogP contribution in [0.2, 0.25) is 0 Å². The van der Waals surface area contributed by atoms with E-state index in [1.54, 1.807) is 18.1 Å². The lowest BCUT2D eigenvalue weighted by Gasteiger charge is -2.19. The van der Waals surface area contributed by atoms with Crippen molar-refractivity contribution in [3.63, 3.8) is 0 Å². The highest BCUT2D eigenvalue weighted by atomic mass is 32.2. The maximum absolute atomic E-state index is 13.5. The molecule has 194 valence electrons. The molecule has 1 N–H and O–H groups in total. The number of nitrogens with zero attached hydrogens (tertiary/aromatic N) is 2. The molecule has 5 rings (SSSR count). The van der Waals surface area contributed by atoms with Gasteiger partial charge in [-0.05, 0) is 78.6 Å². The second kappa shape index (κ2) is 11.0. The largest absolute Gasteiger partial charge is 0.497 e. The molecule has 0 aliphatic carbocycles. The van der Waals surface area contributed by atoms with Gasteiger partial charge in [-0.25, -0.2) is 4.99 Å². The van der Waals surface area contributed by atoms with Crippen LogP contribution < -0.4 is 24.4 Å². The number of carbonyl (C=O) groups is 2. The van der Waals surface area contributed by atoms with Crippen molar-refractivity contribution in [2.45, 2.75) is 20.4 Å². The average molecular weight is 530 g/mol. The lowest BCUT2D eigenvalue weighted by molar-refractivity contribution is -0.118. The Morgan fingerprint density at radius 2 is 1.79 bits per heavy atom. The fourth-order valence-electron chi connectivity index (χ4n) is 4.19. The summed E-state index contributed by atoms with van der Waals surface area (Å²) < 4.78 is 16.0. The number of benzene rings is 3. The predicted octanol–water partition coefficient (Wildman–Crippen LogP) is 4.83. The van der Waals surface area contributed by atoms with E-state index >= 15 is 0 Å². The second-order valence-electron chi connectivity index (χ2n) is 8.94. The number of thioether (sulfide) groups is 1. The van der Waals surface area contributed by atoms with E-state index in [2.05, 4.69) is 10.3 Å². The Kier molecular flexibility index (Phi) is 7.37. The Morgan fingerprint density at radius 3 is 2.53 bits per heavy atom. The number of amidine groups is 1. The van der Waals surface area contributed by atoms with Crippen molar-refractivity contribution in [2.75, 3.05) is 24.6 Å². The molecule has 3 aromatic carbocycles. The summed E-state index contributed by atoms with van der Waals surface area (Å²) in [6.07, 6.45) is 1.74. The molecule has 2 amide bonds. The molecule has 3 aromatic rings. The summed E-state index contributed by atoms with van der Waals surface area (Å²) in [7, 11) is 1.61. The molecule has 0 saturated heterocycles. The van der Waals surface area contributed by atoms with Crippen molar-refractivity contribution >= 4 is 40.5 Å². The highest BCUT2D eigenvalue weighted by molar-refractivity contribution is 8.14. The van der Waals surface area contributed by atoms with Crippen molar-refractivity contribution < 1.29 is 23.8 Å². The third kappa shape index (κ3) is 5.68. The normalized spacial score (nSPS) is 15.1. The lowest BCUT2D eigenvalue weighted by Crippen LogP contribution is -2.32. The average Bonchev–Trinajstić information content (AvgIpc) is 3.49. The van der Waals surface area contributed by atoms with Crippen LogP contribution in [0.1, 0.15) is 22.3 Å². The molecule has 0 aromatic heterocycles. The number of amides is 2. The SMILES string of the molecule is COc1ccc(/C=C2/N=C(SCC(=O)NCc3ccc4c(c3)OCO4)N(c3cc(C)cc(C)c3)C2=O)cc1. The van der Waals surface area contributed by atoms with E-state index in [-0.39, 0.29) is 24.4 Å². The van der Waals surface area contributed by atoms with Gasteiger partial charge in [-0.3, -0.25) is 14.5 Å². The lowest BCUT2D eigenvalue weighted by atomic mass is 10.1. The third-order valence-electron chi connectivity index (χ3n) is 5.97. The van der Waals surface area contributed by atoms with Crippen LogP contribution in [0.3, 0.4) is 0 Å². The van der Waals surface area contributed by atoms with Crippen LogP contribution in [-0.2, 0) is 16.1 Å². The molecule has 2 aliphatic rings. The van der Waals surface area contributed by atoms with Crippen molar-refractivity contribution in [1.29, 1.82) is 0 Å². The monoisotopic (exact) mass is 529 g/mol. The van der Waals surface area contributed by atoms with E-state index in [0.29, 0.717) is 28.9 Å². The number of rotatable bonds is 7. The van der Waals surface area contributed by atoms with Gasteiger partial charge in [-0.2, -0.15) is 0 Å². The molecule has 8 nitrogen and oxygen atoms in total.